The molecular weight excluding hydrogens is 222 g/mol. The molecule has 1 aliphatic rings. The van der Waals surface area contributed by atoms with Crippen molar-refractivity contribution in [2.75, 3.05) is 25.0 Å². The van der Waals surface area contributed by atoms with Gasteiger partial charge in [0.15, 0.2) is 0 Å². The summed E-state index contributed by atoms with van der Waals surface area (Å²) in [6, 6.07) is 8.56. The molecule has 0 bridgehead atoms. The number of hydrogen-bond donors (Lipinski definition) is 1. The van der Waals surface area contributed by atoms with Crippen LogP contribution in [0.5, 0.6) is 0 Å². The summed E-state index contributed by atoms with van der Waals surface area (Å²) in [4.78, 5) is 2.36. The number of rotatable bonds is 4. The summed E-state index contributed by atoms with van der Waals surface area (Å²) >= 11 is 0. The summed E-state index contributed by atoms with van der Waals surface area (Å²) in [5, 5.41) is 12.4. The molecule has 3 nitrogen and oxygen atoms in total. The van der Waals surface area contributed by atoms with Crippen molar-refractivity contribution in [3.8, 4) is 6.07 Å². The Morgan fingerprint density at radius 2 is 2.33 bits per heavy atom. The van der Waals surface area contributed by atoms with Crippen molar-refractivity contribution in [1.29, 1.82) is 5.26 Å². The van der Waals surface area contributed by atoms with E-state index in [1.165, 1.54) is 18.4 Å². The van der Waals surface area contributed by atoms with Gasteiger partial charge in [-0.2, -0.15) is 5.26 Å². The van der Waals surface area contributed by atoms with E-state index in [1.54, 1.807) is 0 Å². The van der Waals surface area contributed by atoms with Crippen LogP contribution >= 0.6 is 0 Å². The van der Waals surface area contributed by atoms with Gasteiger partial charge >= 0.3 is 0 Å². The normalized spacial score (nSPS) is 18.9. The third kappa shape index (κ3) is 2.65. The first-order chi connectivity index (χ1) is 8.78. The molecule has 96 valence electrons. The topological polar surface area (TPSA) is 39.1 Å². The summed E-state index contributed by atoms with van der Waals surface area (Å²) < 4.78 is 0. The molecule has 2 rings (SSSR count). The molecule has 0 aromatic heterocycles. The van der Waals surface area contributed by atoms with E-state index in [-0.39, 0.29) is 0 Å². The molecule has 0 amide bonds. The fraction of sp³-hybridized carbons (Fsp3) is 0.533. The standard InChI is InChI=1S/C15H21N3/c1-3-12-6-7-18(11-12)15-5-4-13(10-17-2)8-14(15)9-16/h4-5,8,12,17H,3,6-7,10-11H2,1-2H3. The minimum atomic E-state index is 0.786. The fourth-order valence-corrected chi connectivity index (χ4v) is 2.65. The quantitative estimate of drug-likeness (QED) is 0.883. The summed E-state index contributed by atoms with van der Waals surface area (Å²) in [5.41, 5.74) is 3.08. The average Bonchev–Trinajstić information content (AvgIpc) is 2.87. The predicted octanol–water partition coefficient (Wildman–Crippen LogP) is 2.51. The zero-order valence-corrected chi connectivity index (χ0v) is 11.2. The van der Waals surface area contributed by atoms with Gasteiger partial charge in [0.1, 0.15) is 6.07 Å². The van der Waals surface area contributed by atoms with E-state index in [2.05, 4.69) is 35.3 Å². The van der Waals surface area contributed by atoms with Crippen molar-refractivity contribution >= 4 is 5.69 Å². The number of nitrogens with one attached hydrogen (secondary N) is 1. The van der Waals surface area contributed by atoms with Gasteiger partial charge in [-0.3, -0.25) is 0 Å². The number of hydrogen-bond acceptors (Lipinski definition) is 3. The van der Waals surface area contributed by atoms with Crippen LogP contribution in [0.1, 0.15) is 30.9 Å². The molecule has 0 spiro atoms. The first-order valence-electron chi connectivity index (χ1n) is 6.71. The van der Waals surface area contributed by atoms with E-state index in [4.69, 9.17) is 0 Å². The second-order valence-electron chi connectivity index (χ2n) is 5.00. The Balaban J connectivity index is 2.21. The molecule has 1 fully saturated rings. The van der Waals surface area contributed by atoms with Crippen LogP contribution in [0.15, 0.2) is 18.2 Å². The molecule has 1 saturated heterocycles. The maximum Gasteiger partial charge on any atom is 0.101 e. The van der Waals surface area contributed by atoms with Crippen LogP contribution in [-0.2, 0) is 6.54 Å². The molecule has 1 aromatic rings. The summed E-state index contributed by atoms with van der Waals surface area (Å²) in [7, 11) is 1.92. The summed E-state index contributed by atoms with van der Waals surface area (Å²) in [5.74, 6) is 0.786. The van der Waals surface area contributed by atoms with Gasteiger partial charge in [0.25, 0.3) is 0 Å². The highest BCUT2D eigenvalue weighted by atomic mass is 15.2. The van der Waals surface area contributed by atoms with E-state index in [9.17, 15) is 5.26 Å². The van der Waals surface area contributed by atoms with Gasteiger partial charge in [-0.25, -0.2) is 0 Å². The molecule has 1 unspecified atom stereocenters. The van der Waals surface area contributed by atoms with Crippen molar-refractivity contribution in [3.05, 3.63) is 29.3 Å². The highest BCUT2D eigenvalue weighted by Gasteiger charge is 2.22. The van der Waals surface area contributed by atoms with Gasteiger partial charge in [-0.05, 0) is 37.1 Å². The Morgan fingerprint density at radius 3 is 2.94 bits per heavy atom. The molecule has 1 aliphatic heterocycles. The molecule has 3 heteroatoms. The molecular formula is C15H21N3. The first-order valence-corrected chi connectivity index (χ1v) is 6.71. The predicted molar refractivity (Wildman–Crippen MR) is 74.5 cm³/mol. The van der Waals surface area contributed by atoms with Crippen LogP contribution in [0.3, 0.4) is 0 Å². The zero-order valence-electron chi connectivity index (χ0n) is 11.2. The Bertz CT molecular complexity index is 448. The molecule has 0 radical (unpaired) electrons. The van der Waals surface area contributed by atoms with Gasteiger partial charge in [-0.1, -0.05) is 19.4 Å². The summed E-state index contributed by atoms with van der Waals surface area (Å²) in [6.45, 7) is 5.23. The van der Waals surface area contributed by atoms with Crippen molar-refractivity contribution in [2.24, 2.45) is 5.92 Å². The largest absolute Gasteiger partial charge is 0.370 e. The van der Waals surface area contributed by atoms with Crippen molar-refractivity contribution in [2.45, 2.75) is 26.3 Å². The van der Waals surface area contributed by atoms with Crippen LogP contribution in [0.25, 0.3) is 0 Å². The Morgan fingerprint density at radius 1 is 1.50 bits per heavy atom. The minimum absolute atomic E-state index is 0.786. The monoisotopic (exact) mass is 243 g/mol. The SMILES string of the molecule is CCC1CCN(c2ccc(CNC)cc2C#N)C1. The van der Waals surface area contributed by atoms with Gasteiger partial charge < -0.3 is 10.2 Å². The van der Waals surface area contributed by atoms with Crippen molar-refractivity contribution in [3.63, 3.8) is 0 Å². The van der Waals surface area contributed by atoms with Crippen LogP contribution in [0.4, 0.5) is 5.69 Å². The second kappa shape index (κ2) is 5.88. The van der Waals surface area contributed by atoms with Gasteiger partial charge in [0.05, 0.1) is 11.3 Å². The lowest BCUT2D eigenvalue weighted by atomic mass is 10.1. The molecule has 1 N–H and O–H groups in total. The molecule has 1 atom stereocenters. The fourth-order valence-electron chi connectivity index (χ4n) is 2.65. The number of anilines is 1. The first kappa shape index (κ1) is 12.9. The van der Waals surface area contributed by atoms with Gasteiger partial charge in [-0.15, -0.1) is 0 Å². The molecule has 0 saturated carbocycles. The smallest absolute Gasteiger partial charge is 0.101 e. The highest BCUT2D eigenvalue weighted by molar-refractivity contribution is 5.61. The lowest BCUT2D eigenvalue weighted by Gasteiger charge is -2.20. The average molecular weight is 243 g/mol. The lowest BCUT2D eigenvalue weighted by Crippen LogP contribution is -2.20. The van der Waals surface area contributed by atoms with E-state index in [0.717, 1.165) is 36.8 Å². The number of nitrogens with zero attached hydrogens (tertiary/aromatic N) is 2. The van der Waals surface area contributed by atoms with E-state index < -0.39 is 0 Å². The number of benzene rings is 1. The lowest BCUT2D eigenvalue weighted by molar-refractivity contribution is 0.569. The molecule has 0 aliphatic carbocycles. The Labute approximate surface area is 109 Å². The third-order valence-electron chi connectivity index (χ3n) is 3.77. The van der Waals surface area contributed by atoms with Crippen LogP contribution < -0.4 is 10.2 Å². The van der Waals surface area contributed by atoms with Gasteiger partial charge in [0, 0.05) is 19.6 Å². The van der Waals surface area contributed by atoms with E-state index >= 15 is 0 Å². The maximum absolute atomic E-state index is 9.30. The maximum atomic E-state index is 9.30. The van der Waals surface area contributed by atoms with Crippen molar-refractivity contribution in [1.82, 2.24) is 5.32 Å². The molecule has 18 heavy (non-hydrogen) atoms. The molecule has 1 aromatic carbocycles. The molecule has 1 heterocycles. The van der Waals surface area contributed by atoms with E-state index in [0.29, 0.717) is 0 Å². The highest BCUT2D eigenvalue weighted by Crippen LogP contribution is 2.28. The third-order valence-corrected chi connectivity index (χ3v) is 3.77. The van der Waals surface area contributed by atoms with Gasteiger partial charge in [0.2, 0.25) is 0 Å². The number of nitriles is 1. The summed E-state index contributed by atoms with van der Waals surface area (Å²) in [6.07, 6.45) is 2.48. The second-order valence-corrected chi connectivity index (χ2v) is 5.00. The van der Waals surface area contributed by atoms with Crippen molar-refractivity contribution < 1.29 is 0 Å². The van der Waals surface area contributed by atoms with Crippen LogP contribution in [-0.4, -0.2) is 20.1 Å². The zero-order chi connectivity index (χ0) is 13.0. The van der Waals surface area contributed by atoms with Crippen LogP contribution in [0, 0.1) is 17.2 Å². The minimum Gasteiger partial charge on any atom is -0.370 e. The van der Waals surface area contributed by atoms with Crippen LogP contribution in [0.2, 0.25) is 0 Å². The Kier molecular flexibility index (Phi) is 4.22. The Hall–Kier alpha value is -1.53. The van der Waals surface area contributed by atoms with E-state index in [1.807, 2.05) is 13.1 Å².